The third-order valence-electron chi connectivity index (χ3n) is 5.34. The minimum Gasteiger partial charge on any atom is -0.491 e. The number of hydrogen-bond donors (Lipinski definition) is 1. The van der Waals surface area contributed by atoms with Gasteiger partial charge in [0, 0.05) is 29.6 Å². The lowest BCUT2D eigenvalue weighted by Gasteiger charge is -2.17. The van der Waals surface area contributed by atoms with E-state index in [4.69, 9.17) is 19.9 Å². The Hall–Kier alpha value is -4.04. The number of fused-ring (bicyclic) bond motifs is 1. The zero-order valence-corrected chi connectivity index (χ0v) is 19.5. The maximum Gasteiger partial charge on any atom is 0.342 e. The number of aromatic nitrogens is 2. The second kappa shape index (κ2) is 10.9. The molecule has 0 bridgehead atoms. The molecule has 4 aromatic rings. The van der Waals surface area contributed by atoms with Crippen LogP contribution in [-0.4, -0.2) is 35.7 Å². The van der Waals surface area contributed by atoms with E-state index in [0.29, 0.717) is 23.2 Å². The standard InChI is InChI=1S/C27H26FN3O4/c1-17-10-21(31-25(11-17)33-2)13-20(29)16-34-24-9-8-23-22(12-19(28)14-30-23)26(24)27(32)35-15-18-6-4-3-5-7-18/h3-12,14,20H,13,15-16,29H2,1-2H3/t20-/m1/s1. The fourth-order valence-electron chi connectivity index (χ4n) is 3.72. The maximum absolute atomic E-state index is 14.0. The Morgan fingerprint density at radius 3 is 2.69 bits per heavy atom. The van der Waals surface area contributed by atoms with Crippen LogP contribution in [0.4, 0.5) is 4.39 Å². The van der Waals surface area contributed by atoms with Crippen molar-refractivity contribution < 1.29 is 23.4 Å². The summed E-state index contributed by atoms with van der Waals surface area (Å²) in [6, 6.07) is 17.2. The van der Waals surface area contributed by atoms with Gasteiger partial charge in [0.15, 0.2) is 0 Å². The fraction of sp³-hybridized carbons (Fsp3) is 0.222. The van der Waals surface area contributed by atoms with E-state index in [1.54, 1.807) is 19.2 Å². The van der Waals surface area contributed by atoms with Gasteiger partial charge in [0.25, 0.3) is 0 Å². The van der Waals surface area contributed by atoms with Crippen molar-refractivity contribution in [2.24, 2.45) is 5.73 Å². The summed E-state index contributed by atoms with van der Waals surface area (Å²) in [6.07, 6.45) is 1.54. The predicted molar refractivity (Wildman–Crippen MR) is 130 cm³/mol. The first-order valence-corrected chi connectivity index (χ1v) is 11.1. The molecular formula is C27H26FN3O4. The van der Waals surface area contributed by atoms with Crippen LogP contribution in [0.15, 0.2) is 66.9 Å². The van der Waals surface area contributed by atoms with Gasteiger partial charge in [-0.2, -0.15) is 0 Å². The molecule has 0 saturated carbocycles. The molecule has 2 aromatic heterocycles. The lowest BCUT2D eigenvalue weighted by molar-refractivity contribution is 0.0470. The normalized spacial score (nSPS) is 11.8. The number of ether oxygens (including phenoxy) is 3. The highest BCUT2D eigenvalue weighted by molar-refractivity contribution is 6.06. The topological polar surface area (TPSA) is 96.6 Å². The van der Waals surface area contributed by atoms with Gasteiger partial charge in [0.2, 0.25) is 5.88 Å². The average Bonchev–Trinajstić information content (AvgIpc) is 2.85. The van der Waals surface area contributed by atoms with Gasteiger partial charge in [0.1, 0.15) is 30.3 Å². The summed E-state index contributed by atoms with van der Waals surface area (Å²) in [7, 11) is 1.56. The molecular weight excluding hydrogens is 449 g/mol. The summed E-state index contributed by atoms with van der Waals surface area (Å²) < 4.78 is 30.7. The van der Waals surface area contributed by atoms with Gasteiger partial charge in [0.05, 0.1) is 18.8 Å². The van der Waals surface area contributed by atoms with Gasteiger partial charge < -0.3 is 19.9 Å². The number of halogens is 1. The van der Waals surface area contributed by atoms with Gasteiger partial charge in [-0.05, 0) is 42.3 Å². The molecule has 0 radical (unpaired) electrons. The number of carbonyl (C=O) groups is 1. The number of carbonyl (C=O) groups excluding carboxylic acids is 1. The van der Waals surface area contributed by atoms with Crippen molar-refractivity contribution in [2.45, 2.75) is 26.0 Å². The summed E-state index contributed by atoms with van der Waals surface area (Å²) in [5.41, 5.74) is 9.46. The molecule has 35 heavy (non-hydrogen) atoms. The number of nitrogens with zero attached hydrogens (tertiary/aromatic N) is 2. The van der Waals surface area contributed by atoms with Crippen LogP contribution < -0.4 is 15.2 Å². The number of esters is 1. The van der Waals surface area contributed by atoms with E-state index in [1.807, 2.05) is 49.4 Å². The van der Waals surface area contributed by atoms with Crippen LogP contribution in [0.1, 0.15) is 27.2 Å². The van der Waals surface area contributed by atoms with E-state index in [1.165, 1.54) is 6.07 Å². The van der Waals surface area contributed by atoms with Crippen molar-refractivity contribution in [2.75, 3.05) is 13.7 Å². The quantitative estimate of drug-likeness (QED) is 0.359. The number of aryl methyl sites for hydroxylation is 1. The Kier molecular flexibility index (Phi) is 7.52. The van der Waals surface area contributed by atoms with E-state index < -0.39 is 17.8 Å². The molecule has 0 amide bonds. The number of nitrogens with two attached hydrogens (primary N) is 1. The number of hydrogen-bond acceptors (Lipinski definition) is 7. The van der Waals surface area contributed by atoms with Gasteiger partial charge in [-0.25, -0.2) is 14.2 Å². The molecule has 0 unspecified atom stereocenters. The highest BCUT2D eigenvalue weighted by Gasteiger charge is 2.21. The molecule has 0 spiro atoms. The first-order chi connectivity index (χ1) is 16.9. The molecule has 2 aromatic carbocycles. The van der Waals surface area contributed by atoms with Crippen molar-refractivity contribution in [3.63, 3.8) is 0 Å². The monoisotopic (exact) mass is 475 g/mol. The molecule has 2 heterocycles. The highest BCUT2D eigenvalue weighted by atomic mass is 19.1. The summed E-state index contributed by atoms with van der Waals surface area (Å²) in [4.78, 5) is 21.6. The van der Waals surface area contributed by atoms with Crippen LogP contribution in [0.5, 0.6) is 11.6 Å². The van der Waals surface area contributed by atoms with E-state index in [0.717, 1.165) is 23.0 Å². The fourth-order valence-corrected chi connectivity index (χ4v) is 3.72. The average molecular weight is 476 g/mol. The molecule has 180 valence electrons. The smallest absolute Gasteiger partial charge is 0.342 e. The van der Waals surface area contributed by atoms with Crippen molar-refractivity contribution >= 4 is 16.9 Å². The number of rotatable bonds is 9. The molecule has 0 aliphatic rings. The minimum atomic E-state index is -0.638. The number of benzene rings is 2. The molecule has 0 saturated heterocycles. The summed E-state index contributed by atoms with van der Waals surface area (Å²) >= 11 is 0. The summed E-state index contributed by atoms with van der Waals surface area (Å²) in [5, 5.41) is 0.305. The Bertz CT molecular complexity index is 1330. The first-order valence-electron chi connectivity index (χ1n) is 11.1. The second-order valence-electron chi connectivity index (χ2n) is 8.17. The van der Waals surface area contributed by atoms with Gasteiger partial charge in [-0.1, -0.05) is 30.3 Å². The van der Waals surface area contributed by atoms with E-state index in [-0.39, 0.29) is 24.5 Å². The van der Waals surface area contributed by atoms with Crippen molar-refractivity contribution in [3.05, 3.63) is 95.1 Å². The lowest BCUT2D eigenvalue weighted by Crippen LogP contribution is -2.31. The molecule has 0 aliphatic heterocycles. The zero-order chi connectivity index (χ0) is 24.8. The maximum atomic E-state index is 14.0. The predicted octanol–water partition coefficient (Wildman–Crippen LogP) is 4.39. The Morgan fingerprint density at radius 1 is 1.11 bits per heavy atom. The van der Waals surface area contributed by atoms with Crippen LogP contribution in [0.2, 0.25) is 0 Å². The Balaban J connectivity index is 1.54. The third-order valence-corrected chi connectivity index (χ3v) is 5.34. The molecule has 2 N–H and O–H groups in total. The van der Waals surface area contributed by atoms with Crippen LogP contribution in [0.3, 0.4) is 0 Å². The van der Waals surface area contributed by atoms with E-state index in [2.05, 4.69) is 9.97 Å². The van der Waals surface area contributed by atoms with E-state index in [9.17, 15) is 9.18 Å². The van der Waals surface area contributed by atoms with Crippen molar-refractivity contribution in [1.82, 2.24) is 9.97 Å². The van der Waals surface area contributed by atoms with Gasteiger partial charge >= 0.3 is 5.97 Å². The van der Waals surface area contributed by atoms with Crippen LogP contribution in [-0.2, 0) is 17.8 Å². The lowest BCUT2D eigenvalue weighted by atomic mass is 10.1. The second-order valence-corrected chi connectivity index (χ2v) is 8.17. The minimum absolute atomic E-state index is 0.0681. The Morgan fingerprint density at radius 2 is 1.91 bits per heavy atom. The first kappa shape index (κ1) is 24.1. The third kappa shape index (κ3) is 6.10. The molecule has 7 nitrogen and oxygen atoms in total. The highest BCUT2D eigenvalue weighted by Crippen LogP contribution is 2.29. The van der Waals surface area contributed by atoms with Crippen LogP contribution >= 0.6 is 0 Å². The van der Waals surface area contributed by atoms with Crippen molar-refractivity contribution in [3.8, 4) is 11.6 Å². The largest absolute Gasteiger partial charge is 0.491 e. The van der Waals surface area contributed by atoms with Crippen molar-refractivity contribution in [1.29, 1.82) is 0 Å². The molecule has 0 fully saturated rings. The molecule has 0 aliphatic carbocycles. The van der Waals surface area contributed by atoms with Crippen LogP contribution in [0, 0.1) is 12.7 Å². The van der Waals surface area contributed by atoms with E-state index >= 15 is 0 Å². The summed E-state index contributed by atoms with van der Waals surface area (Å²) in [5.74, 6) is -0.447. The van der Waals surface area contributed by atoms with Gasteiger partial charge in [-0.3, -0.25) is 4.98 Å². The zero-order valence-electron chi connectivity index (χ0n) is 19.5. The molecule has 4 rings (SSSR count). The molecule has 8 heteroatoms. The SMILES string of the molecule is COc1cc(C)cc(C[C@@H](N)COc2ccc3ncc(F)cc3c2C(=O)OCc2ccccc2)n1. The summed E-state index contributed by atoms with van der Waals surface area (Å²) in [6.45, 7) is 2.12. The van der Waals surface area contributed by atoms with Crippen LogP contribution in [0.25, 0.3) is 10.9 Å². The number of pyridine rings is 2. The van der Waals surface area contributed by atoms with Gasteiger partial charge in [-0.15, -0.1) is 0 Å². The number of methoxy groups -OCH3 is 1. The molecule has 1 atom stereocenters. The Labute approximate surface area is 202 Å².